The minimum atomic E-state index is 0. The van der Waals surface area contributed by atoms with Gasteiger partial charge in [-0.2, -0.15) is 0 Å². The Morgan fingerprint density at radius 2 is 0.909 bits per heavy atom. The van der Waals surface area contributed by atoms with Gasteiger partial charge in [0.2, 0.25) is 0 Å². The summed E-state index contributed by atoms with van der Waals surface area (Å²) in [6.45, 7) is 2.29. The third-order valence-corrected chi connectivity index (χ3v) is 0.994. The maximum absolute atomic E-state index is 2.18. The van der Waals surface area contributed by atoms with Crippen LogP contribution in [-0.4, -0.2) is 51.1 Å². The number of likely N-dealkylation sites (N-methyl/N-ethyl adjacent to an activating group) is 2. The zero-order valence-electron chi connectivity index (χ0n) is 7.37. The molecular weight excluding hydrogens is 235 g/mol. The Morgan fingerprint density at radius 3 is 1.00 bits per heavy atom. The second kappa shape index (κ2) is 13.6. The maximum Gasteiger partial charge on any atom is 0.0103 e. The molecule has 0 bridgehead atoms. The Labute approximate surface area is 93.0 Å². The molecule has 5 heteroatoms. The molecule has 0 saturated heterocycles. The molecular formula is C6H16Cl2CuN2-2. The third kappa shape index (κ3) is 24.7. The monoisotopic (exact) mass is 249 g/mol. The van der Waals surface area contributed by atoms with E-state index >= 15 is 0 Å². The third-order valence-electron chi connectivity index (χ3n) is 0.994. The molecule has 0 spiro atoms. The summed E-state index contributed by atoms with van der Waals surface area (Å²) in [5.41, 5.74) is 0. The van der Waals surface area contributed by atoms with E-state index in [9.17, 15) is 0 Å². The van der Waals surface area contributed by atoms with Crippen molar-refractivity contribution in [1.82, 2.24) is 9.80 Å². The Kier molecular flexibility index (Phi) is 28.1. The van der Waals surface area contributed by atoms with Gasteiger partial charge in [0.15, 0.2) is 0 Å². The largest absolute Gasteiger partial charge is 1.00 e. The maximum atomic E-state index is 2.18. The van der Waals surface area contributed by atoms with E-state index in [2.05, 4.69) is 38.0 Å². The van der Waals surface area contributed by atoms with Crippen LogP contribution in [0.5, 0.6) is 0 Å². The van der Waals surface area contributed by atoms with E-state index < -0.39 is 0 Å². The van der Waals surface area contributed by atoms with Crippen LogP contribution >= 0.6 is 0 Å². The van der Waals surface area contributed by atoms with Crippen molar-refractivity contribution in [3.05, 3.63) is 0 Å². The molecule has 0 aliphatic rings. The molecule has 0 amide bonds. The first-order valence-corrected chi connectivity index (χ1v) is 2.92. The fraction of sp³-hybridized carbons (Fsp3) is 1.00. The van der Waals surface area contributed by atoms with Crippen molar-refractivity contribution in [2.75, 3.05) is 41.3 Å². The average Bonchev–Trinajstić information content (AvgIpc) is 1.61. The van der Waals surface area contributed by atoms with Gasteiger partial charge in [0.05, 0.1) is 0 Å². The van der Waals surface area contributed by atoms with Crippen LogP contribution in [0.3, 0.4) is 0 Å². The molecule has 11 heavy (non-hydrogen) atoms. The van der Waals surface area contributed by atoms with Crippen molar-refractivity contribution < 1.29 is 41.9 Å². The van der Waals surface area contributed by atoms with Crippen LogP contribution in [0.4, 0.5) is 0 Å². The molecule has 0 N–H and O–H groups in total. The minimum Gasteiger partial charge on any atom is -1.00 e. The van der Waals surface area contributed by atoms with Crippen LogP contribution in [0.1, 0.15) is 0 Å². The summed E-state index contributed by atoms with van der Waals surface area (Å²) in [5, 5.41) is 0. The Balaban J connectivity index is -0.0000000817. The molecule has 0 aromatic heterocycles. The fourth-order valence-corrected chi connectivity index (χ4v) is 0.400. The van der Waals surface area contributed by atoms with E-state index in [1.807, 2.05) is 0 Å². The zero-order valence-corrected chi connectivity index (χ0v) is 9.82. The number of rotatable bonds is 3. The summed E-state index contributed by atoms with van der Waals surface area (Å²) in [6, 6.07) is 0. The summed E-state index contributed by atoms with van der Waals surface area (Å²) in [6.07, 6.45) is 0. The van der Waals surface area contributed by atoms with Crippen molar-refractivity contribution in [3.63, 3.8) is 0 Å². The minimum absolute atomic E-state index is 0. The first-order valence-electron chi connectivity index (χ1n) is 2.92. The van der Waals surface area contributed by atoms with E-state index in [4.69, 9.17) is 0 Å². The first kappa shape index (κ1) is 22.7. The van der Waals surface area contributed by atoms with E-state index in [-0.39, 0.29) is 41.9 Å². The molecule has 0 saturated carbocycles. The van der Waals surface area contributed by atoms with Crippen LogP contribution in [0.2, 0.25) is 0 Å². The van der Waals surface area contributed by atoms with Crippen LogP contribution in [0.15, 0.2) is 0 Å². The summed E-state index contributed by atoms with van der Waals surface area (Å²) in [4.78, 5) is 4.36. The molecule has 0 aromatic rings. The molecule has 2 nitrogen and oxygen atoms in total. The van der Waals surface area contributed by atoms with Crippen LogP contribution < -0.4 is 24.8 Å². The SMILES string of the molecule is CN(C)CCN(C)C.[Cl-].[Cl-].[Cu]. The van der Waals surface area contributed by atoms with Gasteiger partial charge in [0.1, 0.15) is 0 Å². The normalized spacial score (nSPS) is 8.18. The van der Waals surface area contributed by atoms with E-state index in [1.165, 1.54) is 0 Å². The van der Waals surface area contributed by atoms with Crippen molar-refractivity contribution >= 4 is 0 Å². The predicted molar refractivity (Wildman–Crippen MR) is 37.1 cm³/mol. The standard InChI is InChI=1S/C6H16N2.2ClH.Cu/c1-7(2)5-6-8(3)4;;;/h5-6H2,1-4H3;2*1H;/p-2. The van der Waals surface area contributed by atoms with Gasteiger partial charge in [-0.25, -0.2) is 0 Å². The zero-order chi connectivity index (χ0) is 6.57. The van der Waals surface area contributed by atoms with Gasteiger partial charge in [-0.1, -0.05) is 0 Å². The molecule has 0 heterocycles. The Hall–Kier alpha value is 1.02. The first-order chi connectivity index (χ1) is 3.63. The molecule has 0 rings (SSSR count). The Morgan fingerprint density at radius 1 is 0.727 bits per heavy atom. The smallest absolute Gasteiger partial charge is 0.0103 e. The van der Waals surface area contributed by atoms with Gasteiger partial charge in [-0.3, -0.25) is 0 Å². The fourth-order valence-electron chi connectivity index (χ4n) is 0.400. The predicted octanol–water partition coefficient (Wildman–Crippen LogP) is -5.88. The molecule has 77 valence electrons. The van der Waals surface area contributed by atoms with Crippen molar-refractivity contribution in [2.45, 2.75) is 0 Å². The van der Waals surface area contributed by atoms with Crippen LogP contribution in [0.25, 0.3) is 0 Å². The molecule has 0 aliphatic heterocycles. The quantitative estimate of drug-likeness (QED) is 0.461. The molecule has 0 aromatic carbocycles. The van der Waals surface area contributed by atoms with Gasteiger partial charge in [-0.15, -0.1) is 0 Å². The number of hydrogen-bond acceptors (Lipinski definition) is 2. The summed E-state index contributed by atoms with van der Waals surface area (Å²) >= 11 is 0. The van der Waals surface area contributed by atoms with Crippen molar-refractivity contribution in [1.29, 1.82) is 0 Å². The second-order valence-corrected chi connectivity index (χ2v) is 2.61. The van der Waals surface area contributed by atoms with E-state index in [0.717, 1.165) is 13.1 Å². The van der Waals surface area contributed by atoms with E-state index in [1.54, 1.807) is 0 Å². The van der Waals surface area contributed by atoms with Crippen molar-refractivity contribution in [2.24, 2.45) is 0 Å². The van der Waals surface area contributed by atoms with Gasteiger partial charge in [0.25, 0.3) is 0 Å². The number of halogens is 2. The van der Waals surface area contributed by atoms with Gasteiger partial charge in [0, 0.05) is 30.2 Å². The summed E-state index contributed by atoms with van der Waals surface area (Å²) in [5.74, 6) is 0. The summed E-state index contributed by atoms with van der Waals surface area (Å²) < 4.78 is 0. The topological polar surface area (TPSA) is 6.48 Å². The molecule has 1 radical (unpaired) electrons. The van der Waals surface area contributed by atoms with Gasteiger partial charge in [-0.05, 0) is 28.2 Å². The van der Waals surface area contributed by atoms with E-state index in [0.29, 0.717) is 0 Å². The molecule has 0 atom stereocenters. The summed E-state index contributed by atoms with van der Waals surface area (Å²) in [7, 11) is 8.35. The second-order valence-electron chi connectivity index (χ2n) is 2.61. The average molecular weight is 251 g/mol. The Bertz CT molecular complexity index is 54.5. The van der Waals surface area contributed by atoms with Crippen LogP contribution in [-0.2, 0) is 17.1 Å². The number of hydrogen-bond donors (Lipinski definition) is 0. The number of nitrogens with zero attached hydrogens (tertiary/aromatic N) is 2. The van der Waals surface area contributed by atoms with Crippen molar-refractivity contribution in [3.8, 4) is 0 Å². The molecule has 0 aliphatic carbocycles. The van der Waals surface area contributed by atoms with Gasteiger partial charge >= 0.3 is 0 Å². The van der Waals surface area contributed by atoms with Gasteiger partial charge < -0.3 is 34.6 Å². The molecule has 0 fully saturated rings. The van der Waals surface area contributed by atoms with Crippen LogP contribution in [0, 0.1) is 0 Å². The molecule has 0 unspecified atom stereocenters.